The van der Waals surface area contributed by atoms with Crippen molar-refractivity contribution in [1.29, 1.82) is 0 Å². The number of esters is 1. The SMILES string of the molecule is CCCOc1ccc(-c2ncc(C(C(=O)OCCOCCOCCO)n3cc4nc(-c5cccc(F)c5F)nc-4cn3)cn2)c(C(F)(F)F)c1. The van der Waals surface area contributed by atoms with E-state index in [1.165, 1.54) is 49.1 Å². The molecule has 3 aromatic rings. The smallest absolute Gasteiger partial charge is 0.417 e. The van der Waals surface area contributed by atoms with Gasteiger partial charge in [-0.25, -0.2) is 33.5 Å². The van der Waals surface area contributed by atoms with Crippen molar-refractivity contribution < 1.29 is 50.8 Å². The first-order valence-electron chi connectivity index (χ1n) is 15.4. The van der Waals surface area contributed by atoms with Crippen LogP contribution in [-0.2, 0) is 25.2 Å². The number of imidazole rings is 1. The second-order valence-electron chi connectivity index (χ2n) is 10.6. The molecule has 0 saturated heterocycles. The molecule has 0 bridgehead atoms. The van der Waals surface area contributed by atoms with Gasteiger partial charge in [0.15, 0.2) is 29.3 Å². The van der Waals surface area contributed by atoms with Crippen molar-refractivity contribution in [3.63, 3.8) is 0 Å². The number of carbonyl (C=O) groups is 1. The van der Waals surface area contributed by atoms with Gasteiger partial charge in [-0.3, -0.25) is 4.68 Å². The predicted octanol–water partition coefficient (Wildman–Crippen LogP) is 5.15. The van der Waals surface area contributed by atoms with E-state index >= 15 is 0 Å². The highest BCUT2D eigenvalue weighted by Crippen LogP contribution is 2.38. The molecule has 1 aromatic heterocycles. The molecule has 1 unspecified atom stereocenters. The van der Waals surface area contributed by atoms with Gasteiger partial charge < -0.3 is 24.1 Å². The summed E-state index contributed by atoms with van der Waals surface area (Å²) in [5.41, 5.74) is -1.01. The number of benzene rings is 2. The third kappa shape index (κ3) is 8.71. The molecule has 3 heterocycles. The second-order valence-corrected chi connectivity index (χ2v) is 10.6. The van der Waals surface area contributed by atoms with Gasteiger partial charge in [0.25, 0.3) is 0 Å². The number of hydrogen-bond donors (Lipinski definition) is 1. The summed E-state index contributed by atoms with van der Waals surface area (Å²) in [6.45, 7) is 2.30. The minimum absolute atomic E-state index is 0.00256. The molecule has 17 heteroatoms. The Balaban J connectivity index is 1.45. The van der Waals surface area contributed by atoms with E-state index in [9.17, 15) is 26.7 Å². The van der Waals surface area contributed by atoms with Crippen LogP contribution in [0.5, 0.6) is 5.75 Å². The first kappa shape index (κ1) is 36.2. The Labute approximate surface area is 282 Å². The Morgan fingerprint density at radius 2 is 1.60 bits per heavy atom. The van der Waals surface area contributed by atoms with Gasteiger partial charge in [0.2, 0.25) is 0 Å². The van der Waals surface area contributed by atoms with Crippen LogP contribution in [0.15, 0.2) is 61.2 Å². The Hall–Kier alpha value is -5.13. The highest BCUT2D eigenvalue weighted by Gasteiger charge is 2.35. The van der Waals surface area contributed by atoms with Crippen molar-refractivity contribution in [3.05, 3.63) is 83.9 Å². The molecule has 0 saturated carbocycles. The van der Waals surface area contributed by atoms with Crippen LogP contribution in [0.25, 0.3) is 34.2 Å². The lowest BCUT2D eigenvalue weighted by molar-refractivity contribution is -0.148. The van der Waals surface area contributed by atoms with E-state index in [0.717, 1.165) is 16.8 Å². The molecule has 5 rings (SSSR count). The molecule has 1 atom stereocenters. The van der Waals surface area contributed by atoms with E-state index in [0.29, 0.717) is 6.42 Å². The molecular formula is C33H31F5N6O6. The summed E-state index contributed by atoms with van der Waals surface area (Å²) < 4.78 is 92.9. The van der Waals surface area contributed by atoms with Crippen molar-refractivity contribution in [3.8, 4) is 39.9 Å². The maximum absolute atomic E-state index is 14.5. The first-order valence-corrected chi connectivity index (χ1v) is 15.4. The molecule has 50 heavy (non-hydrogen) atoms. The fourth-order valence-corrected chi connectivity index (χ4v) is 4.72. The zero-order valence-corrected chi connectivity index (χ0v) is 26.6. The molecule has 12 nitrogen and oxygen atoms in total. The average Bonchev–Trinajstić information content (AvgIpc) is 3.53. The molecule has 0 aliphatic carbocycles. The number of ether oxygens (including phenoxy) is 4. The number of fused-ring (bicyclic) bond motifs is 1. The van der Waals surface area contributed by atoms with Crippen LogP contribution < -0.4 is 4.74 Å². The molecule has 0 radical (unpaired) electrons. The fraction of sp³-hybridized carbons (Fsp3) is 0.333. The van der Waals surface area contributed by atoms with Crippen molar-refractivity contribution >= 4 is 5.97 Å². The van der Waals surface area contributed by atoms with Crippen LogP contribution >= 0.6 is 0 Å². The lowest BCUT2D eigenvalue weighted by Gasteiger charge is -2.19. The third-order valence-electron chi connectivity index (χ3n) is 7.04. The van der Waals surface area contributed by atoms with Gasteiger partial charge in [-0.15, -0.1) is 0 Å². The van der Waals surface area contributed by atoms with E-state index in [4.69, 9.17) is 24.1 Å². The predicted molar refractivity (Wildman–Crippen MR) is 166 cm³/mol. The summed E-state index contributed by atoms with van der Waals surface area (Å²) in [5.74, 6) is -3.40. The maximum atomic E-state index is 14.5. The van der Waals surface area contributed by atoms with Crippen molar-refractivity contribution in [2.45, 2.75) is 25.6 Å². The molecular weight excluding hydrogens is 671 g/mol. The van der Waals surface area contributed by atoms with E-state index < -0.39 is 35.4 Å². The molecule has 2 aliphatic rings. The lowest BCUT2D eigenvalue weighted by Crippen LogP contribution is -2.26. The third-order valence-corrected chi connectivity index (χ3v) is 7.04. The van der Waals surface area contributed by atoms with E-state index in [2.05, 4.69) is 25.0 Å². The van der Waals surface area contributed by atoms with Crippen LogP contribution in [0, 0.1) is 11.6 Å². The largest absolute Gasteiger partial charge is 0.494 e. The molecule has 1 N–H and O–H groups in total. The molecule has 264 valence electrons. The number of nitrogens with zero attached hydrogens (tertiary/aromatic N) is 6. The first-order chi connectivity index (χ1) is 24.1. The number of carbonyl (C=O) groups excluding carboxylic acids is 1. The fourth-order valence-electron chi connectivity index (χ4n) is 4.72. The Morgan fingerprint density at radius 1 is 0.880 bits per heavy atom. The molecule has 2 aromatic carbocycles. The number of alkyl halides is 3. The molecule has 0 fully saturated rings. The van der Waals surface area contributed by atoms with Crippen molar-refractivity contribution in [1.82, 2.24) is 29.7 Å². The summed E-state index contributed by atoms with van der Waals surface area (Å²) in [6, 6.07) is 5.68. The Bertz CT molecular complexity index is 1860. The van der Waals surface area contributed by atoms with Crippen molar-refractivity contribution in [2.75, 3.05) is 46.2 Å². The maximum Gasteiger partial charge on any atom is 0.417 e. The van der Waals surface area contributed by atoms with Crippen LogP contribution in [0.1, 0.15) is 30.5 Å². The Morgan fingerprint density at radius 3 is 2.32 bits per heavy atom. The lowest BCUT2D eigenvalue weighted by atomic mass is 10.1. The van der Waals surface area contributed by atoms with Gasteiger partial charge in [-0.05, 0) is 36.8 Å². The molecule has 0 spiro atoms. The van der Waals surface area contributed by atoms with Gasteiger partial charge in [-0.2, -0.15) is 18.3 Å². The number of aliphatic hydroxyl groups is 1. The van der Waals surface area contributed by atoms with Gasteiger partial charge in [-0.1, -0.05) is 13.0 Å². The normalized spacial score (nSPS) is 12.3. The summed E-state index contributed by atoms with van der Waals surface area (Å²) in [6.07, 6.45) is 0.795. The molecule has 2 aliphatic heterocycles. The highest BCUT2D eigenvalue weighted by atomic mass is 19.4. The Kier molecular flexibility index (Phi) is 11.9. The second kappa shape index (κ2) is 16.5. The minimum Gasteiger partial charge on any atom is -0.494 e. The van der Waals surface area contributed by atoms with E-state index in [-0.39, 0.29) is 91.7 Å². The summed E-state index contributed by atoms with van der Waals surface area (Å²) in [7, 11) is 0. The highest BCUT2D eigenvalue weighted by molar-refractivity contribution is 5.78. The minimum atomic E-state index is -4.74. The van der Waals surface area contributed by atoms with Gasteiger partial charge in [0, 0.05) is 23.5 Å². The zero-order chi connectivity index (χ0) is 35.7. The van der Waals surface area contributed by atoms with Crippen LogP contribution in [-0.4, -0.2) is 87.0 Å². The topological polar surface area (TPSA) is 144 Å². The number of aliphatic hydroxyl groups excluding tert-OH is 1. The van der Waals surface area contributed by atoms with Gasteiger partial charge >= 0.3 is 12.1 Å². The zero-order valence-electron chi connectivity index (χ0n) is 26.6. The van der Waals surface area contributed by atoms with E-state index in [1.807, 2.05) is 6.92 Å². The van der Waals surface area contributed by atoms with E-state index in [1.54, 1.807) is 0 Å². The standard InChI is InChI=1S/C33H31F5N6O6/c1-2-9-49-21-6-7-22(24(15-21)33(36,37)38)30-39-16-20(17-40-30)29(32(46)50-14-13-48-12-11-47-10-8-45)44-19-27-26(18-41-44)42-31(43-27)23-4-3-5-25(34)28(23)35/h3-7,15-19,29,45H,2,8-14H2,1H3. The number of hydrogen-bond acceptors (Lipinski definition) is 11. The summed E-state index contributed by atoms with van der Waals surface area (Å²) in [4.78, 5) is 30.3. The van der Waals surface area contributed by atoms with Crippen LogP contribution in [0.3, 0.4) is 0 Å². The summed E-state index contributed by atoms with van der Waals surface area (Å²) in [5, 5.41) is 13.0. The number of halogens is 5. The van der Waals surface area contributed by atoms with Crippen molar-refractivity contribution in [2.24, 2.45) is 0 Å². The number of aromatic nitrogens is 6. The van der Waals surface area contributed by atoms with Gasteiger partial charge in [0.05, 0.1) is 63.2 Å². The summed E-state index contributed by atoms with van der Waals surface area (Å²) >= 11 is 0. The average molecular weight is 703 g/mol. The van der Waals surface area contributed by atoms with Crippen LogP contribution in [0.4, 0.5) is 22.0 Å². The number of rotatable bonds is 16. The molecule has 0 amide bonds. The monoisotopic (exact) mass is 702 g/mol. The van der Waals surface area contributed by atoms with Gasteiger partial charge in [0.1, 0.15) is 23.7 Å². The quantitative estimate of drug-likeness (QED) is 0.0829. The van der Waals surface area contributed by atoms with Crippen LogP contribution in [0.2, 0.25) is 0 Å².